The van der Waals surface area contributed by atoms with E-state index >= 15 is 0 Å². The highest BCUT2D eigenvalue weighted by molar-refractivity contribution is 8.01. The number of ether oxygens (including phenoxy) is 2. The summed E-state index contributed by atoms with van der Waals surface area (Å²) in [5, 5.41) is 0. The highest BCUT2D eigenvalue weighted by Crippen LogP contribution is 2.51. The van der Waals surface area contributed by atoms with Crippen molar-refractivity contribution in [2.75, 3.05) is 9.80 Å². The Morgan fingerprint density at radius 1 is 0.333 bits per heavy atom. The van der Waals surface area contributed by atoms with Crippen molar-refractivity contribution in [2.24, 2.45) is 0 Å². The fourth-order valence-electron chi connectivity index (χ4n) is 12.4. The molecule has 0 unspecified atom stereocenters. The summed E-state index contributed by atoms with van der Waals surface area (Å²) < 4.78 is 14.7. The second-order valence-corrected chi connectivity index (χ2v) is 20.7. The molecular weight excluding hydrogens is 877 g/mol. The van der Waals surface area contributed by atoms with Crippen LogP contribution in [0.1, 0.15) is 0 Å². The van der Waals surface area contributed by atoms with E-state index in [1.165, 1.54) is 52.6 Å². The summed E-state index contributed by atoms with van der Waals surface area (Å²) in [6.07, 6.45) is 0. The molecule has 0 N–H and O–H groups in total. The van der Waals surface area contributed by atoms with Crippen LogP contribution in [0, 0.1) is 0 Å². The van der Waals surface area contributed by atoms with Gasteiger partial charge in [0.2, 0.25) is 6.71 Å². The maximum Gasteiger partial charge on any atom is 0.260 e. The van der Waals surface area contributed by atoms with Gasteiger partial charge in [0, 0.05) is 65.1 Å². The van der Waals surface area contributed by atoms with Gasteiger partial charge in [-0.15, -0.1) is 0 Å². The number of hydrogen-bond acceptors (Lipinski definition) is 6. The largest absolute Gasteiger partial charge is 0.459 e. The summed E-state index contributed by atoms with van der Waals surface area (Å²) in [5.41, 5.74) is 20.3. The summed E-state index contributed by atoms with van der Waals surface area (Å²) >= 11 is 3.86. The van der Waals surface area contributed by atoms with E-state index in [1.807, 2.05) is 23.5 Å². The van der Waals surface area contributed by atoms with Gasteiger partial charge in [-0.05, 0) is 99.0 Å². The van der Waals surface area contributed by atoms with E-state index in [9.17, 15) is 0 Å². The van der Waals surface area contributed by atoms with Crippen LogP contribution in [0.25, 0.3) is 11.1 Å². The van der Waals surface area contributed by atoms with E-state index in [4.69, 9.17) is 9.47 Å². The van der Waals surface area contributed by atoms with Crippen LogP contribution in [-0.2, 0) is 0 Å². The van der Waals surface area contributed by atoms with Crippen molar-refractivity contribution in [3.63, 3.8) is 0 Å². The smallest absolute Gasteiger partial charge is 0.260 e. The number of benzene rings is 10. The number of anilines is 6. The number of rotatable bonds is 3. The van der Waals surface area contributed by atoms with Crippen LogP contribution in [0.4, 0.5) is 34.1 Å². The second kappa shape index (κ2) is 14.4. The summed E-state index contributed by atoms with van der Waals surface area (Å²) in [7, 11) is 0. The van der Waals surface area contributed by atoms with Crippen molar-refractivity contribution >= 4 is 127 Å². The van der Waals surface area contributed by atoms with E-state index in [2.05, 4.69) is 222 Å². The number of nitrogens with zero attached hydrogens (tertiary/aromatic N) is 2. The van der Waals surface area contributed by atoms with Gasteiger partial charge >= 0.3 is 0 Å². The van der Waals surface area contributed by atoms with Crippen molar-refractivity contribution in [2.45, 2.75) is 19.6 Å². The molecule has 318 valence electrons. The minimum Gasteiger partial charge on any atom is -0.459 e. The Bertz CT molecular complexity index is 3850. The van der Waals surface area contributed by atoms with Gasteiger partial charge < -0.3 is 19.3 Å². The predicted octanol–water partition coefficient (Wildman–Crippen LogP) is 9.61. The zero-order chi connectivity index (χ0) is 44.9. The van der Waals surface area contributed by atoms with E-state index in [-0.39, 0.29) is 20.1 Å². The fraction of sp³-hybridized carbons (Fsp3) is 0. The van der Waals surface area contributed by atoms with Gasteiger partial charge in [0.25, 0.3) is 13.4 Å². The Morgan fingerprint density at radius 3 is 1.65 bits per heavy atom. The van der Waals surface area contributed by atoms with Crippen LogP contribution in [0.2, 0.25) is 0 Å². The lowest BCUT2D eigenvalue weighted by atomic mass is 9.29. The lowest BCUT2D eigenvalue weighted by Gasteiger charge is -2.47. The van der Waals surface area contributed by atoms with Crippen LogP contribution >= 0.6 is 23.5 Å². The first kappa shape index (κ1) is 38.3. The monoisotopic (exact) mass is 912 g/mol. The molecule has 0 fully saturated rings. The Morgan fingerprint density at radius 2 is 0.899 bits per heavy atom. The minimum absolute atomic E-state index is 0.0822. The average Bonchev–Trinajstić information content (AvgIpc) is 3.41. The molecule has 0 saturated heterocycles. The Balaban J connectivity index is 1.07. The van der Waals surface area contributed by atoms with Gasteiger partial charge in [0.05, 0.1) is 5.69 Å². The van der Waals surface area contributed by atoms with Gasteiger partial charge in [-0.3, -0.25) is 0 Å². The van der Waals surface area contributed by atoms with Crippen molar-refractivity contribution in [1.82, 2.24) is 0 Å². The molecule has 0 saturated carbocycles. The lowest BCUT2D eigenvalue weighted by Crippen LogP contribution is -2.67. The second-order valence-electron chi connectivity index (χ2n) is 18.6. The predicted molar refractivity (Wildman–Crippen MR) is 289 cm³/mol. The Kier molecular flexibility index (Phi) is 7.99. The van der Waals surface area contributed by atoms with Gasteiger partial charge in [0.1, 0.15) is 23.0 Å². The number of para-hydroxylation sites is 4. The first-order valence-corrected chi connectivity index (χ1v) is 25.3. The molecule has 6 aliphatic rings. The molecule has 69 heavy (non-hydrogen) atoms. The fourth-order valence-corrected chi connectivity index (χ4v) is 15.0. The van der Waals surface area contributed by atoms with Crippen molar-refractivity contribution in [3.05, 3.63) is 212 Å². The van der Waals surface area contributed by atoms with E-state index in [0.717, 1.165) is 84.4 Å². The molecule has 6 heterocycles. The molecule has 10 aromatic carbocycles. The first-order valence-electron chi connectivity index (χ1n) is 23.7. The van der Waals surface area contributed by atoms with Crippen LogP contribution in [0.3, 0.4) is 0 Å². The third kappa shape index (κ3) is 5.26. The van der Waals surface area contributed by atoms with Crippen LogP contribution in [-0.4, -0.2) is 20.1 Å². The molecule has 0 amide bonds. The average molecular weight is 913 g/mol. The highest BCUT2D eigenvalue weighted by Gasteiger charge is 2.52. The van der Waals surface area contributed by atoms with Crippen molar-refractivity contribution < 1.29 is 9.47 Å². The molecule has 16 rings (SSSR count). The number of fused-ring (bicyclic) bond motifs is 14. The Hall–Kier alpha value is -7.71. The lowest BCUT2D eigenvalue weighted by molar-refractivity contribution is 0.467. The highest BCUT2D eigenvalue weighted by atomic mass is 32.2. The van der Waals surface area contributed by atoms with Crippen molar-refractivity contribution in [1.29, 1.82) is 0 Å². The van der Waals surface area contributed by atoms with E-state index in [0.29, 0.717) is 0 Å². The Labute approximate surface area is 409 Å². The topological polar surface area (TPSA) is 24.9 Å². The van der Waals surface area contributed by atoms with Crippen LogP contribution in [0.5, 0.6) is 23.0 Å². The van der Waals surface area contributed by atoms with Gasteiger partial charge in [0.15, 0.2) is 0 Å². The molecule has 0 spiro atoms. The third-order valence-corrected chi connectivity index (χ3v) is 17.5. The van der Waals surface area contributed by atoms with E-state index < -0.39 is 0 Å². The van der Waals surface area contributed by atoms with Gasteiger partial charge in [-0.2, -0.15) is 0 Å². The molecule has 0 radical (unpaired) electrons. The summed E-state index contributed by atoms with van der Waals surface area (Å²) in [6, 6.07) is 77.8. The summed E-state index contributed by atoms with van der Waals surface area (Å²) in [4.78, 5) is 10.3. The molecule has 4 nitrogen and oxygen atoms in total. The zero-order valence-electron chi connectivity index (χ0n) is 37.0. The standard InChI is InChI=1S/C60H35B3N2O2S2/c1-3-18-36(19-4-1)38-22-7-12-27-43(38)65-45-29-17-28-44-54(45)63(55-46(65)34-50-57-59(55)67-49-31-14-9-24-40(49)61(57)39-23-8-13-30-48(39)66-50)56-47(64(44)37-20-5-2-6-21-37)35-53-58-60(56)69-52-33-16-11-26-42(52)62(58)41-25-10-15-32-51(41)68-53/h1-35H. The van der Waals surface area contributed by atoms with Crippen molar-refractivity contribution in [3.8, 4) is 34.1 Å². The first-order chi connectivity index (χ1) is 34.3. The quantitative estimate of drug-likeness (QED) is 0.164. The molecule has 9 heteroatoms. The number of hydrogen-bond donors (Lipinski definition) is 0. The molecule has 0 atom stereocenters. The maximum absolute atomic E-state index is 7.57. The molecule has 6 aliphatic heterocycles. The molecule has 0 bridgehead atoms. The molecular formula is C60H35B3N2O2S2. The van der Waals surface area contributed by atoms with Crippen LogP contribution in [0.15, 0.2) is 232 Å². The normalized spacial score (nSPS) is 14.3. The third-order valence-electron chi connectivity index (χ3n) is 15.1. The zero-order valence-corrected chi connectivity index (χ0v) is 38.6. The molecule has 0 aliphatic carbocycles. The van der Waals surface area contributed by atoms with Gasteiger partial charge in [-0.25, -0.2) is 0 Å². The maximum atomic E-state index is 7.57. The van der Waals surface area contributed by atoms with Crippen LogP contribution < -0.4 is 68.4 Å². The van der Waals surface area contributed by atoms with E-state index in [1.54, 1.807) is 0 Å². The van der Waals surface area contributed by atoms with Gasteiger partial charge in [-0.1, -0.05) is 180 Å². The summed E-state index contributed by atoms with van der Waals surface area (Å²) in [6.45, 7) is -0.208. The SMILES string of the molecule is c1ccc(-c2ccccc2N2c3cccc4c3B(c3c2cc2c5c3Oc3ccccc3B5c3ccccc3O2)c2c(cc3c5c2Sc2ccccc2B5c2ccccc2S3)N4c2ccccc2)cc1. The molecule has 10 aromatic rings. The molecule has 0 aromatic heterocycles. The summed E-state index contributed by atoms with van der Waals surface area (Å²) in [5.74, 6) is 3.47. The minimum atomic E-state index is -0.217.